The molecule has 3 nitrogen and oxygen atoms in total. The van der Waals surface area contributed by atoms with Crippen molar-refractivity contribution in [3.8, 4) is 11.5 Å². The van der Waals surface area contributed by atoms with E-state index in [1.54, 1.807) is 14.2 Å². The molecule has 0 fully saturated rings. The van der Waals surface area contributed by atoms with Crippen molar-refractivity contribution in [2.75, 3.05) is 20.8 Å². The van der Waals surface area contributed by atoms with E-state index in [2.05, 4.69) is 61.6 Å². The Morgan fingerprint density at radius 3 is 2.30 bits per heavy atom. The number of ether oxygens (including phenoxy) is 2. The summed E-state index contributed by atoms with van der Waals surface area (Å²) in [4.78, 5) is 0. The fourth-order valence-electron chi connectivity index (χ4n) is 3.67. The zero-order chi connectivity index (χ0) is 16.4. The Morgan fingerprint density at radius 1 is 1.00 bits per heavy atom. The second-order valence-electron chi connectivity index (χ2n) is 6.65. The van der Waals surface area contributed by atoms with Gasteiger partial charge < -0.3 is 14.8 Å². The van der Waals surface area contributed by atoms with Gasteiger partial charge in [-0.1, -0.05) is 30.3 Å². The van der Waals surface area contributed by atoms with E-state index in [1.807, 2.05) is 0 Å². The highest BCUT2D eigenvalue weighted by Crippen LogP contribution is 2.42. The maximum atomic E-state index is 5.55. The predicted octanol–water partition coefficient (Wildman–Crippen LogP) is 3.76. The molecule has 1 heterocycles. The lowest BCUT2D eigenvalue weighted by Crippen LogP contribution is -2.44. The molecular formula is C20H25NO2. The molecule has 2 aromatic rings. The Morgan fingerprint density at radius 2 is 1.65 bits per heavy atom. The number of hydrogen-bond acceptors (Lipinski definition) is 3. The molecule has 0 radical (unpaired) electrons. The molecule has 0 aliphatic carbocycles. The maximum absolute atomic E-state index is 5.55. The highest BCUT2D eigenvalue weighted by atomic mass is 16.5. The van der Waals surface area contributed by atoms with Gasteiger partial charge in [-0.2, -0.15) is 0 Å². The highest BCUT2D eigenvalue weighted by molar-refractivity contribution is 5.52. The molecule has 3 heteroatoms. The van der Waals surface area contributed by atoms with Crippen molar-refractivity contribution in [1.29, 1.82) is 0 Å². The highest BCUT2D eigenvalue weighted by Gasteiger charge is 2.35. The van der Waals surface area contributed by atoms with Gasteiger partial charge in [-0.25, -0.2) is 0 Å². The molecule has 2 aromatic carbocycles. The molecule has 0 spiro atoms. The molecule has 122 valence electrons. The van der Waals surface area contributed by atoms with Gasteiger partial charge in [0.15, 0.2) is 11.5 Å². The maximum Gasteiger partial charge on any atom is 0.161 e. The van der Waals surface area contributed by atoms with Crippen LogP contribution >= 0.6 is 0 Å². The minimum atomic E-state index is -0.0355. The first kappa shape index (κ1) is 15.9. The molecule has 1 aliphatic rings. The van der Waals surface area contributed by atoms with E-state index in [0.717, 1.165) is 24.5 Å². The van der Waals surface area contributed by atoms with Gasteiger partial charge in [0.25, 0.3) is 0 Å². The standard InChI is InChI=1S/C20H25NO2/c1-20(2)19(14-8-6-5-7-9-14)16-13-18(23-4)17(22-3)12-15(16)10-11-21-20/h5-9,12-13,19,21H,10-11H2,1-4H3. The van der Waals surface area contributed by atoms with Crippen molar-refractivity contribution in [1.82, 2.24) is 5.32 Å². The fourth-order valence-corrected chi connectivity index (χ4v) is 3.67. The predicted molar refractivity (Wildman–Crippen MR) is 93.6 cm³/mol. The number of benzene rings is 2. The summed E-state index contributed by atoms with van der Waals surface area (Å²) in [6, 6.07) is 15.0. The molecule has 0 saturated heterocycles. The molecule has 1 atom stereocenters. The summed E-state index contributed by atoms with van der Waals surface area (Å²) >= 11 is 0. The van der Waals surface area contributed by atoms with Crippen LogP contribution in [-0.4, -0.2) is 26.3 Å². The van der Waals surface area contributed by atoms with E-state index in [1.165, 1.54) is 16.7 Å². The average Bonchev–Trinajstić information content (AvgIpc) is 2.68. The molecule has 23 heavy (non-hydrogen) atoms. The second-order valence-corrected chi connectivity index (χ2v) is 6.65. The SMILES string of the molecule is COc1cc2c(cc1OC)C(c1ccccc1)C(C)(C)NCC2. The Bertz CT molecular complexity index is 680. The van der Waals surface area contributed by atoms with Gasteiger partial charge in [-0.15, -0.1) is 0 Å². The molecule has 0 amide bonds. The number of hydrogen-bond donors (Lipinski definition) is 1. The molecule has 1 aliphatic heterocycles. The van der Waals surface area contributed by atoms with Crippen LogP contribution in [-0.2, 0) is 6.42 Å². The lowest BCUT2D eigenvalue weighted by molar-refractivity contribution is 0.349. The largest absolute Gasteiger partial charge is 0.493 e. The van der Waals surface area contributed by atoms with Gasteiger partial charge in [0.2, 0.25) is 0 Å². The van der Waals surface area contributed by atoms with Crippen molar-refractivity contribution < 1.29 is 9.47 Å². The average molecular weight is 311 g/mol. The molecule has 0 aromatic heterocycles. The van der Waals surface area contributed by atoms with Gasteiger partial charge in [-0.05, 0) is 55.6 Å². The minimum Gasteiger partial charge on any atom is -0.493 e. The normalized spacial score (nSPS) is 19.6. The topological polar surface area (TPSA) is 30.5 Å². The zero-order valence-corrected chi connectivity index (χ0v) is 14.3. The van der Waals surface area contributed by atoms with Gasteiger partial charge in [0.05, 0.1) is 14.2 Å². The number of nitrogens with one attached hydrogen (secondary N) is 1. The van der Waals surface area contributed by atoms with Crippen LogP contribution in [0.4, 0.5) is 0 Å². The van der Waals surface area contributed by atoms with Crippen LogP contribution in [0.25, 0.3) is 0 Å². The lowest BCUT2D eigenvalue weighted by atomic mass is 9.76. The first-order valence-electron chi connectivity index (χ1n) is 8.11. The van der Waals surface area contributed by atoms with Crippen LogP contribution in [0.15, 0.2) is 42.5 Å². The van der Waals surface area contributed by atoms with Crippen LogP contribution in [0.5, 0.6) is 11.5 Å². The summed E-state index contributed by atoms with van der Waals surface area (Å²) < 4.78 is 11.0. The van der Waals surface area contributed by atoms with Crippen molar-refractivity contribution in [3.63, 3.8) is 0 Å². The van der Waals surface area contributed by atoms with Crippen LogP contribution in [0, 0.1) is 0 Å². The Labute approximate surface area is 138 Å². The second kappa shape index (κ2) is 6.25. The van der Waals surface area contributed by atoms with Crippen molar-refractivity contribution in [2.45, 2.75) is 31.7 Å². The first-order chi connectivity index (χ1) is 11.1. The van der Waals surface area contributed by atoms with Crippen LogP contribution in [0.2, 0.25) is 0 Å². The fraction of sp³-hybridized carbons (Fsp3) is 0.400. The van der Waals surface area contributed by atoms with Gasteiger partial charge in [0, 0.05) is 11.5 Å². The van der Waals surface area contributed by atoms with Gasteiger partial charge >= 0.3 is 0 Å². The minimum absolute atomic E-state index is 0.0355. The molecule has 3 rings (SSSR count). The molecule has 1 unspecified atom stereocenters. The van der Waals surface area contributed by atoms with E-state index < -0.39 is 0 Å². The summed E-state index contributed by atoms with van der Waals surface area (Å²) in [5, 5.41) is 3.71. The summed E-state index contributed by atoms with van der Waals surface area (Å²) in [5.74, 6) is 1.86. The number of rotatable bonds is 3. The Balaban J connectivity index is 2.21. The quantitative estimate of drug-likeness (QED) is 0.936. The van der Waals surface area contributed by atoms with Crippen molar-refractivity contribution >= 4 is 0 Å². The summed E-state index contributed by atoms with van der Waals surface area (Å²) in [7, 11) is 3.39. The van der Waals surface area contributed by atoms with Crippen molar-refractivity contribution in [2.24, 2.45) is 0 Å². The van der Waals surface area contributed by atoms with Crippen LogP contribution in [0.1, 0.15) is 36.5 Å². The van der Waals surface area contributed by atoms with E-state index in [4.69, 9.17) is 9.47 Å². The van der Waals surface area contributed by atoms with E-state index in [-0.39, 0.29) is 11.5 Å². The van der Waals surface area contributed by atoms with Crippen LogP contribution < -0.4 is 14.8 Å². The Hall–Kier alpha value is -2.00. The third-order valence-corrected chi connectivity index (χ3v) is 4.79. The smallest absolute Gasteiger partial charge is 0.161 e. The summed E-state index contributed by atoms with van der Waals surface area (Å²) in [5.41, 5.74) is 3.94. The van der Waals surface area contributed by atoms with Crippen LogP contribution in [0.3, 0.4) is 0 Å². The zero-order valence-electron chi connectivity index (χ0n) is 14.3. The molecule has 1 N–H and O–H groups in total. The Kier molecular flexibility index (Phi) is 4.31. The first-order valence-corrected chi connectivity index (χ1v) is 8.11. The molecule has 0 bridgehead atoms. The van der Waals surface area contributed by atoms with Crippen molar-refractivity contribution in [3.05, 3.63) is 59.2 Å². The van der Waals surface area contributed by atoms with E-state index >= 15 is 0 Å². The third kappa shape index (κ3) is 2.93. The molecule has 0 saturated carbocycles. The number of fused-ring (bicyclic) bond motifs is 1. The monoisotopic (exact) mass is 311 g/mol. The molecular weight excluding hydrogens is 286 g/mol. The number of methoxy groups -OCH3 is 2. The lowest BCUT2D eigenvalue weighted by Gasteiger charge is -2.35. The van der Waals surface area contributed by atoms with E-state index in [0.29, 0.717) is 0 Å². The van der Waals surface area contributed by atoms with Gasteiger partial charge in [0.1, 0.15) is 0 Å². The van der Waals surface area contributed by atoms with Gasteiger partial charge in [-0.3, -0.25) is 0 Å². The van der Waals surface area contributed by atoms with E-state index in [9.17, 15) is 0 Å². The summed E-state index contributed by atoms with van der Waals surface area (Å²) in [6.07, 6.45) is 0.989. The summed E-state index contributed by atoms with van der Waals surface area (Å²) in [6.45, 7) is 5.51. The third-order valence-electron chi connectivity index (χ3n) is 4.79.